The van der Waals surface area contributed by atoms with Crippen LogP contribution in [0.2, 0.25) is 0 Å². The SMILES string of the molecule is Cc1c(CN)cc2c(c1C)NC(=O)C2C. The van der Waals surface area contributed by atoms with E-state index in [1.807, 2.05) is 20.8 Å². The highest BCUT2D eigenvalue weighted by Gasteiger charge is 2.28. The molecule has 1 aliphatic rings. The van der Waals surface area contributed by atoms with E-state index in [-0.39, 0.29) is 11.8 Å². The Labute approximate surface area is 89.7 Å². The minimum atomic E-state index is -0.0513. The van der Waals surface area contributed by atoms with Crippen molar-refractivity contribution in [2.75, 3.05) is 5.32 Å². The fourth-order valence-corrected chi connectivity index (χ4v) is 2.11. The fraction of sp³-hybridized carbons (Fsp3) is 0.417. The van der Waals surface area contributed by atoms with Crippen LogP contribution in [0.15, 0.2) is 6.07 Å². The van der Waals surface area contributed by atoms with Crippen LogP contribution in [0.3, 0.4) is 0 Å². The van der Waals surface area contributed by atoms with E-state index in [0.29, 0.717) is 6.54 Å². The number of anilines is 1. The third-order valence-corrected chi connectivity index (χ3v) is 3.37. The van der Waals surface area contributed by atoms with Crippen molar-refractivity contribution < 1.29 is 4.79 Å². The predicted octanol–water partition coefficient (Wildman–Crippen LogP) is 1.82. The summed E-state index contributed by atoms with van der Waals surface area (Å²) in [6, 6.07) is 2.06. The van der Waals surface area contributed by atoms with Gasteiger partial charge in [-0.2, -0.15) is 0 Å². The van der Waals surface area contributed by atoms with Crippen molar-refractivity contribution in [3.05, 3.63) is 28.3 Å². The van der Waals surface area contributed by atoms with Gasteiger partial charge in [0, 0.05) is 12.2 Å². The maximum absolute atomic E-state index is 11.6. The van der Waals surface area contributed by atoms with Gasteiger partial charge >= 0.3 is 0 Å². The first kappa shape index (κ1) is 10.2. The predicted molar refractivity (Wildman–Crippen MR) is 60.9 cm³/mol. The summed E-state index contributed by atoms with van der Waals surface area (Å²) < 4.78 is 0. The lowest BCUT2D eigenvalue weighted by atomic mass is 9.93. The van der Waals surface area contributed by atoms with Crippen LogP contribution in [-0.4, -0.2) is 5.91 Å². The first-order valence-electron chi connectivity index (χ1n) is 5.20. The molecule has 3 N–H and O–H groups in total. The van der Waals surface area contributed by atoms with Crippen molar-refractivity contribution in [2.45, 2.75) is 33.2 Å². The van der Waals surface area contributed by atoms with E-state index >= 15 is 0 Å². The molecule has 0 bridgehead atoms. The molecule has 0 spiro atoms. The highest BCUT2D eigenvalue weighted by molar-refractivity contribution is 6.03. The molecule has 0 aromatic heterocycles. The van der Waals surface area contributed by atoms with Gasteiger partial charge in [0.1, 0.15) is 0 Å². The average Bonchev–Trinajstić information content (AvgIpc) is 2.50. The Kier molecular flexibility index (Phi) is 2.27. The molecule has 0 aliphatic carbocycles. The highest BCUT2D eigenvalue weighted by atomic mass is 16.2. The topological polar surface area (TPSA) is 55.1 Å². The van der Waals surface area contributed by atoms with Gasteiger partial charge in [-0.3, -0.25) is 4.79 Å². The van der Waals surface area contributed by atoms with Gasteiger partial charge in [-0.25, -0.2) is 0 Å². The molecule has 1 aromatic rings. The number of hydrogen-bond donors (Lipinski definition) is 2. The summed E-state index contributed by atoms with van der Waals surface area (Å²) in [4.78, 5) is 11.6. The van der Waals surface area contributed by atoms with Gasteiger partial charge in [-0.05, 0) is 43.0 Å². The first-order chi connectivity index (χ1) is 7.06. The number of carbonyl (C=O) groups is 1. The molecule has 0 saturated heterocycles. The van der Waals surface area contributed by atoms with Crippen molar-refractivity contribution in [2.24, 2.45) is 5.73 Å². The zero-order chi connectivity index (χ0) is 11.2. The minimum Gasteiger partial charge on any atom is -0.326 e. The number of nitrogens with one attached hydrogen (secondary N) is 1. The standard InChI is InChI=1S/C12H16N2O/c1-6-7(2)11-10(4-9(6)5-13)8(3)12(15)14-11/h4,8H,5,13H2,1-3H3,(H,14,15). The van der Waals surface area contributed by atoms with E-state index in [0.717, 1.165) is 22.4 Å². The Morgan fingerprint density at radius 1 is 1.40 bits per heavy atom. The quantitative estimate of drug-likeness (QED) is 0.733. The molecule has 0 fully saturated rings. The van der Waals surface area contributed by atoms with Crippen LogP contribution in [0.5, 0.6) is 0 Å². The van der Waals surface area contributed by atoms with Crippen LogP contribution in [0.25, 0.3) is 0 Å². The van der Waals surface area contributed by atoms with E-state index in [1.165, 1.54) is 5.56 Å². The number of rotatable bonds is 1. The average molecular weight is 204 g/mol. The second-order valence-electron chi connectivity index (χ2n) is 4.16. The Bertz CT molecular complexity index is 438. The lowest BCUT2D eigenvalue weighted by Gasteiger charge is -2.12. The van der Waals surface area contributed by atoms with Gasteiger partial charge in [0.05, 0.1) is 5.92 Å². The normalized spacial score (nSPS) is 18.9. The van der Waals surface area contributed by atoms with Gasteiger partial charge in [-0.15, -0.1) is 0 Å². The van der Waals surface area contributed by atoms with Gasteiger partial charge < -0.3 is 11.1 Å². The molecule has 3 heteroatoms. The molecule has 1 aliphatic heterocycles. The van der Waals surface area contributed by atoms with Crippen LogP contribution < -0.4 is 11.1 Å². The lowest BCUT2D eigenvalue weighted by Crippen LogP contribution is -2.08. The Morgan fingerprint density at radius 3 is 2.67 bits per heavy atom. The largest absolute Gasteiger partial charge is 0.326 e. The number of amides is 1. The van der Waals surface area contributed by atoms with Crippen LogP contribution in [0.1, 0.15) is 35.1 Å². The summed E-state index contributed by atoms with van der Waals surface area (Å²) in [6.07, 6.45) is 0. The fourth-order valence-electron chi connectivity index (χ4n) is 2.11. The summed E-state index contributed by atoms with van der Waals surface area (Å²) >= 11 is 0. The molecular weight excluding hydrogens is 188 g/mol. The van der Waals surface area contributed by atoms with Crippen molar-refractivity contribution >= 4 is 11.6 Å². The van der Waals surface area contributed by atoms with E-state index in [2.05, 4.69) is 11.4 Å². The third-order valence-electron chi connectivity index (χ3n) is 3.37. The van der Waals surface area contributed by atoms with Crippen LogP contribution in [-0.2, 0) is 11.3 Å². The van der Waals surface area contributed by atoms with Gasteiger partial charge in [-0.1, -0.05) is 6.07 Å². The smallest absolute Gasteiger partial charge is 0.231 e. The van der Waals surface area contributed by atoms with Crippen LogP contribution in [0, 0.1) is 13.8 Å². The number of fused-ring (bicyclic) bond motifs is 1. The molecular formula is C12H16N2O. The molecule has 15 heavy (non-hydrogen) atoms. The molecule has 1 amide bonds. The maximum Gasteiger partial charge on any atom is 0.231 e. The van der Waals surface area contributed by atoms with E-state index < -0.39 is 0 Å². The van der Waals surface area contributed by atoms with Crippen molar-refractivity contribution in [1.82, 2.24) is 0 Å². The van der Waals surface area contributed by atoms with Crippen LogP contribution in [0.4, 0.5) is 5.69 Å². The van der Waals surface area contributed by atoms with Gasteiger partial charge in [0.2, 0.25) is 5.91 Å². The van der Waals surface area contributed by atoms with E-state index in [1.54, 1.807) is 0 Å². The van der Waals surface area contributed by atoms with E-state index in [4.69, 9.17) is 5.73 Å². The molecule has 1 heterocycles. The number of hydrogen-bond acceptors (Lipinski definition) is 2. The summed E-state index contributed by atoms with van der Waals surface area (Å²) in [5.41, 5.74) is 11.2. The van der Waals surface area contributed by atoms with Gasteiger partial charge in [0.15, 0.2) is 0 Å². The summed E-state index contributed by atoms with van der Waals surface area (Å²) in [5, 5.41) is 2.93. The molecule has 1 atom stereocenters. The van der Waals surface area contributed by atoms with Crippen molar-refractivity contribution in [1.29, 1.82) is 0 Å². The minimum absolute atomic E-state index is 0.0513. The highest BCUT2D eigenvalue weighted by Crippen LogP contribution is 2.37. The molecule has 3 nitrogen and oxygen atoms in total. The molecule has 0 radical (unpaired) electrons. The second-order valence-corrected chi connectivity index (χ2v) is 4.16. The molecule has 1 aromatic carbocycles. The Hall–Kier alpha value is -1.35. The van der Waals surface area contributed by atoms with Crippen molar-refractivity contribution in [3.8, 4) is 0 Å². The third kappa shape index (κ3) is 1.35. The van der Waals surface area contributed by atoms with Crippen molar-refractivity contribution in [3.63, 3.8) is 0 Å². The summed E-state index contributed by atoms with van der Waals surface area (Å²) in [7, 11) is 0. The second kappa shape index (κ2) is 3.35. The number of benzene rings is 1. The summed E-state index contributed by atoms with van der Waals surface area (Å²) in [6.45, 7) is 6.54. The zero-order valence-corrected chi connectivity index (χ0v) is 9.35. The van der Waals surface area contributed by atoms with Crippen LogP contribution >= 0.6 is 0 Å². The molecule has 2 rings (SSSR count). The Morgan fingerprint density at radius 2 is 2.07 bits per heavy atom. The van der Waals surface area contributed by atoms with E-state index in [9.17, 15) is 4.79 Å². The molecule has 1 unspecified atom stereocenters. The molecule has 80 valence electrons. The monoisotopic (exact) mass is 204 g/mol. The summed E-state index contributed by atoms with van der Waals surface area (Å²) in [5.74, 6) is 0.0336. The Balaban J connectivity index is 2.66. The molecule has 0 saturated carbocycles. The zero-order valence-electron chi connectivity index (χ0n) is 9.35. The number of nitrogens with two attached hydrogens (primary N) is 1. The number of carbonyl (C=O) groups excluding carboxylic acids is 1. The lowest BCUT2D eigenvalue weighted by molar-refractivity contribution is -0.116. The van der Waals surface area contributed by atoms with Gasteiger partial charge in [0.25, 0.3) is 0 Å². The maximum atomic E-state index is 11.6. The first-order valence-corrected chi connectivity index (χ1v) is 5.20.